The molecule has 0 spiro atoms. The third-order valence-electron chi connectivity index (χ3n) is 3.89. The van der Waals surface area contributed by atoms with Crippen molar-refractivity contribution in [3.05, 3.63) is 28.3 Å². The molecule has 0 amide bonds. The van der Waals surface area contributed by atoms with Crippen LogP contribution in [0.4, 0.5) is 11.7 Å². The van der Waals surface area contributed by atoms with Crippen LogP contribution in [0.2, 0.25) is 0 Å². The fourth-order valence-electron chi connectivity index (χ4n) is 2.88. The number of oxazole rings is 1. The summed E-state index contributed by atoms with van der Waals surface area (Å²) in [5.41, 5.74) is 1.05. The highest BCUT2D eigenvalue weighted by Gasteiger charge is 2.31. The van der Waals surface area contributed by atoms with Crippen molar-refractivity contribution in [2.45, 2.75) is 39.2 Å². The van der Waals surface area contributed by atoms with Crippen LogP contribution in [0.25, 0.3) is 11.1 Å². The van der Waals surface area contributed by atoms with Crippen LogP contribution in [-0.4, -0.2) is 15.9 Å². The minimum atomic E-state index is -0.437. The number of aromatic nitrogens is 1. The molecule has 6 nitrogen and oxygen atoms in total. The van der Waals surface area contributed by atoms with E-state index in [1.165, 1.54) is 6.07 Å². The predicted octanol–water partition coefficient (Wildman–Crippen LogP) is 3.73. The number of hydrogen-bond donors (Lipinski definition) is 1. The second kappa shape index (κ2) is 4.47. The lowest BCUT2D eigenvalue weighted by Gasteiger charge is -2.16. The first-order valence-electron chi connectivity index (χ1n) is 6.75. The first-order chi connectivity index (χ1) is 9.44. The summed E-state index contributed by atoms with van der Waals surface area (Å²) in [6, 6.07) is 5.43. The Morgan fingerprint density at radius 1 is 1.50 bits per heavy atom. The number of benzene rings is 1. The van der Waals surface area contributed by atoms with Crippen molar-refractivity contribution >= 4 is 22.8 Å². The van der Waals surface area contributed by atoms with Crippen LogP contribution in [-0.2, 0) is 0 Å². The van der Waals surface area contributed by atoms with E-state index in [0.717, 1.165) is 19.3 Å². The van der Waals surface area contributed by atoms with E-state index >= 15 is 0 Å². The highest BCUT2D eigenvalue weighted by molar-refractivity contribution is 5.84. The lowest BCUT2D eigenvalue weighted by molar-refractivity contribution is -0.383. The lowest BCUT2D eigenvalue weighted by atomic mass is 9.92. The predicted molar refractivity (Wildman–Crippen MR) is 75.7 cm³/mol. The summed E-state index contributed by atoms with van der Waals surface area (Å²) < 4.78 is 5.56. The van der Waals surface area contributed by atoms with E-state index in [1.54, 1.807) is 12.1 Å². The Kier molecular flexibility index (Phi) is 2.88. The maximum absolute atomic E-state index is 11.0. The molecule has 1 heterocycles. The number of para-hydroxylation sites is 1. The van der Waals surface area contributed by atoms with Crippen molar-refractivity contribution in [1.29, 1.82) is 0 Å². The largest absolute Gasteiger partial charge is 0.423 e. The molecule has 1 aromatic heterocycles. The Hall–Kier alpha value is -2.11. The third-order valence-corrected chi connectivity index (χ3v) is 3.89. The monoisotopic (exact) mass is 275 g/mol. The van der Waals surface area contributed by atoms with Gasteiger partial charge in [-0.25, -0.2) is 0 Å². The number of non-ortho nitro benzene ring substituents is 1. The molecule has 1 atom stereocenters. The van der Waals surface area contributed by atoms with Gasteiger partial charge in [0.2, 0.25) is 0 Å². The van der Waals surface area contributed by atoms with Crippen molar-refractivity contribution in [3.8, 4) is 0 Å². The molecule has 0 radical (unpaired) electrons. The van der Waals surface area contributed by atoms with E-state index in [2.05, 4.69) is 24.1 Å². The molecule has 1 fully saturated rings. The Balaban J connectivity index is 1.87. The molecule has 0 bridgehead atoms. The van der Waals surface area contributed by atoms with Gasteiger partial charge in [-0.15, -0.1) is 0 Å². The quantitative estimate of drug-likeness (QED) is 0.681. The minimum absolute atomic E-state index is 0.0222. The Morgan fingerprint density at radius 3 is 2.95 bits per heavy atom. The standard InChI is InChI=1S/C14H17N3O3/c1-14(2)7-6-9(8-14)15-13-16-12-10(17(18)19)4-3-5-11(12)20-13/h3-5,9H,6-8H2,1-2H3,(H,15,16). The van der Waals surface area contributed by atoms with Gasteiger partial charge in [-0.05, 0) is 30.7 Å². The van der Waals surface area contributed by atoms with Gasteiger partial charge >= 0.3 is 0 Å². The van der Waals surface area contributed by atoms with Crippen LogP contribution in [0.15, 0.2) is 22.6 Å². The minimum Gasteiger partial charge on any atom is -0.423 e. The van der Waals surface area contributed by atoms with Gasteiger partial charge < -0.3 is 9.73 Å². The highest BCUT2D eigenvalue weighted by atomic mass is 16.6. The molecule has 1 aromatic carbocycles. The fourth-order valence-corrected chi connectivity index (χ4v) is 2.88. The lowest BCUT2D eigenvalue weighted by Crippen LogP contribution is -2.17. The van der Waals surface area contributed by atoms with Gasteiger partial charge in [0, 0.05) is 12.1 Å². The smallest absolute Gasteiger partial charge is 0.298 e. The zero-order chi connectivity index (χ0) is 14.3. The van der Waals surface area contributed by atoms with E-state index < -0.39 is 4.92 Å². The van der Waals surface area contributed by atoms with Crippen LogP contribution in [0.5, 0.6) is 0 Å². The Bertz CT molecular complexity index is 663. The number of hydrogen-bond acceptors (Lipinski definition) is 5. The third kappa shape index (κ3) is 2.33. The van der Waals surface area contributed by atoms with Crippen LogP contribution >= 0.6 is 0 Å². The van der Waals surface area contributed by atoms with Gasteiger partial charge in [0.25, 0.3) is 11.7 Å². The molecule has 0 aliphatic heterocycles. The van der Waals surface area contributed by atoms with E-state index in [-0.39, 0.29) is 5.69 Å². The van der Waals surface area contributed by atoms with Gasteiger partial charge in [0.15, 0.2) is 11.1 Å². The number of nitrogens with zero attached hydrogens (tertiary/aromatic N) is 2. The first-order valence-corrected chi connectivity index (χ1v) is 6.75. The number of rotatable bonds is 3. The summed E-state index contributed by atoms with van der Waals surface area (Å²) in [7, 11) is 0. The summed E-state index contributed by atoms with van der Waals surface area (Å²) >= 11 is 0. The molecule has 0 saturated heterocycles. The molecule has 1 aliphatic rings. The summed E-state index contributed by atoms with van der Waals surface area (Å²) in [5.74, 6) is 0. The van der Waals surface area contributed by atoms with Gasteiger partial charge in [0.05, 0.1) is 4.92 Å². The van der Waals surface area contributed by atoms with Crippen molar-refractivity contribution in [2.75, 3.05) is 5.32 Å². The topological polar surface area (TPSA) is 81.2 Å². The number of fused-ring (bicyclic) bond motifs is 1. The number of nitrogens with one attached hydrogen (secondary N) is 1. The second-order valence-electron chi connectivity index (χ2n) is 6.15. The number of anilines is 1. The van der Waals surface area contributed by atoms with Crippen LogP contribution in [0, 0.1) is 15.5 Å². The average Bonchev–Trinajstić information content (AvgIpc) is 2.91. The average molecular weight is 275 g/mol. The molecule has 1 unspecified atom stereocenters. The maximum Gasteiger partial charge on any atom is 0.298 e. The van der Waals surface area contributed by atoms with Gasteiger partial charge in [-0.1, -0.05) is 19.9 Å². The zero-order valence-corrected chi connectivity index (χ0v) is 11.5. The molecule has 106 valence electrons. The molecule has 6 heteroatoms. The second-order valence-corrected chi connectivity index (χ2v) is 6.15. The number of nitro groups is 1. The highest BCUT2D eigenvalue weighted by Crippen LogP contribution is 2.38. The molecule has 20 heavy (non-hydrogen) atoms. The molecular weight excluding hydrogens is 258 g/mol. The van der Waals surface area contributed by atoms with E-state index in [1.807, 2.05) is 0 Å². The zero-order valence-electron chi connectivity index (χ0n) is 11.5. The SMILES string of the molecule is CC1(C)CCC(Nc2nc3c([N+](=O)[O-])cccc3o2)C1. The van der Waals surface area contributed by atoms with Crippen LogP contribution in [0.1, 0.15) is 33.1 Å². The van der Waals surface area contributed by atoms with Gasteiger partial charge in [0.1, 0.15) is 0 Å². The Morgan fingerprint density at radius 2 is 2.30 bits per heavy atom. The molecule has 1 aliphatic carbocycles. The maximum atomic E-state index is 11.0. The van der Waals surface area contributed by atoms with Crippen LogP contribution in [0.3, 0.4) is 0 Å². The first kappa shape index (κ1) is 12.9. The van der Waals surface area contributed by atoms with Crippen molar-refractivity contribution in [3.63, 3.8) is 0 Å². The summed E-state index contributed by atoms with van der Waals surface area (Å²) in [6.07, 6.45) is 3.27. The number of nitro benzene ring substituents is 1. The van der Waals surface area contributed by atoms with E-state index in [0.29, 0.717) is 28.6 Å². The van der Waals surface area contributed by atoms with E-state index in [4.69, 9.17) is 4.42 Å². The normalized spacial score (nSPS) is 21.2. The Labute approximate surface area is 116 Å². The molecular formula is C14H17N3O3. The van der Waals surface area contributed by atoms with Crippen molar-refractivity contribution < 1.29 is 9.34 Å². The summed E-state index contributed by atoms with van der Waals surface area (Å²) in [6.45, 7) is 4.48. The summed E-state index contributed by atoms with van der Waals surface area (Å²) in [4.78, 5) is 14.7. The molecule has 3 rings (SSSR count). The molecule has 2 aromatic rings. The van der Waals surface area contributed by atoms with Crippen molar-refractivity contribution in [2.24, 2.45) is 5.41 Å². The fraction of sp³-hybridized carbons (Fsp3) is 0.500. The molecule has 1 saturated carbocycles. The van der Waals surface area contributed by atoms with Gasteiger partial charge in [-0.3, -0.25) is 10.1 Å². The molecule has 1 N–H and O–H groups in total. The van der Waals surface area contributed by atoms with E-state index in [9.17, 15) is 10.1 Å². The van der Waals surface area contributed by atoms with Gasteiger partial charge in [-0.2, -0.15) is 4.98 Å². The van der Waals surface area contributed by atoms with Crippen LogP contribution < -0.4 is 5.32 Å². The summed E-state index contributed by atoms with van der Waals surface area (Å²) in [5, 5.41) is 14.2. The van der Waals surface area contributed by atoms with Crippen molar-refractivity contribution in [1.82, 2.24) is 4.98 Å².